The highest BCUT2D eigenvalue weighted by atomic mass is 32.1. The lowest BCUT2D eigenvalue weighted by Gasteiger charge is -2.17. The molecule has 0 bridgehead atoms. The zero-order chi connectivity index (χ0) is 23.8. The van der Waals surface area contributed by atoms with Gasteiger partial charge in [0.15, 0.2) is 10.8 Å². The van der Waals surface area contributed by atoms with Crippen LogP contribution >= 0.6 is 11.3 Å². The van der Waals surface area contributed by atoms with Gasteiger partial charge in [0.1, 0.15) is 0 Å². The molecule has 0 atom stereocenters. The predicted octanol–water partition coefficient (Wildman–Crippen LogP) is 4.29. The average Bonchev–Trinajstić information content (AvgIpc) is 3.24. The number of thiazole rings is 1. The van der Waals surface area contributed by atoms with Crippen LogP contribution in [-0.2, 0) is 11.8 Å². The molecule has 2 N–H and O–H groups in total. The van der Waals surface area contributed by atoms with Crippen LogP contribution in [0, 0.1) is 5.41 Å². The number of benzene rings is 2. The summed E-state index contributed by atoms with van der Waals surface area (Å²) in [6, 6.07) is 14.2. The minimum atomic E-state index is -0.480. The lowest BCUT2D eigenvalue weighted by Crippen LogP contribution is -2.27. The molecule has 168 valence electrons. The monoisotopic (exact) mass is 461 g/mol. The average molecular weight is 462 g/mol. The SMILES string of the molecule is Cn1nc(C(=O)Nc2nc(-c3ccc(NC(=O)C(C)(C)C)cc3)cs2)c2ccccc2c1=O. The number of hydrogen-bond acceptors (Lipinski definition) is 6. The highest BCUT2D eigenvalue weighted by molar-refractivity contribution is 7.14. The quantitative estimate of drug-likeness (QED) is 0.471. The third-order valence-electron chi connectivity index (χ3n) is 5.02. The second-order valence-electron chi connectivity index (χ2n) is 8.60. The van der Waals surface area contributed by atoms with Gasteiger partial charge in [-0.2, -0.15) is 5.10 Å². The highest BCUT2D eigenvalue weighted by Gasteiger charge is 2.21. The van der Waals surface area contributed by atoms with Crippen molar-refractivity contribution in [3.05, 3.63) is 70.0 Å². The fourth-order valence-electron chi connectivity index (χ4n) is 3.13. The van der Waals surface area contributed by atoms with Crippen molar-refractivity contribution in [1.82, 2.24) is 14.8 Å². The van der Waals surface area contributed by atoms with Crippen molar-refractivity contribution in [2.45, 2.75) is 20.8 Å². The minimum Gasteiger partial charge on any atom is -0.326 e. The van der Waals surface area contributed by atoms with Gasteiger partial charge in [0.25, 0.3) is 11.5 Å². The molecule has 2 aromatic carbocycles. The van der Waals surface area contributed by atoms with Crippen molar-refractivity contribution in [2.75, 3.05) is 10.6 Å². The van der Waals surface area contributed by atoms with Gasteiger partial charge in [-0.05, 0) is 18.2 Å². The molecule has 0 aliphatic rings. The van der Waals surface area contributed by atoms with Gasteiger partial charge in [-0.25, -0.2) is 9.67 Å². The minimum absolute atomic E-state index is 0.0616. The summed E-state index contributed by atoms with van der Waals surface area (Å²) < 4.78 is 1.16. The lowest BCUT2D eigenvalue weighted by molar-refractivity contribution is -0.123. The Balaban J connectivity index is 1.52. The van der Waals surface area contributed by atoms with E-state index in [-0.39, 0.29) is 17.2 Å². The van der Waals surface area contributed by atoms with Crippen LogP contribution < -0.4 is 16.2 Å². The normalized spacial score (nSPS) is 11.4. The molecule has 0 radical (unpaired) electrons. The Labute approximate surface area is 194 Å². The van der Waals surface area contributed by atoms with Crippen molar-refractivity contribution in [2.24, 2.45) is 12.5 Å². The first-order valence-electron chi connectivity index (χ1n) is 10.3. The predicted molar refractivity (Wildman–Crippen MR) is 131 cm³/mol. The molecule has 0 aliphatic carbocycles. The number of aryl methyl sites for hydroxylation is 1. The summed E-state index contributed by atoms with van der Waals surface area (Å²) in [7, 11) is 1.51. The summed E-state index contributed by atoms with van der Waals surface area (Å²) in [5, 5.41) is 13.0. The highest BCUT2D eigenvalue weighted by Crippen LogP contribution is 2.27. The van der Waals surface area contributed by atoms with E-state index in [9.17, 15) is 14.4 Å². The molecule has 0 saturated heterocycles. The molecule has 0 unspecified atom stereocenters. The van der Waals surface area contributed by atoms with Crippen LogP contribution in [0.2, 0.25) is 0 Å². The number of rotatable bonds is 4. The van der Waals surface area contributed by atoms with Crippen LogP contribution in [0.5, 0.6) is 0 Å². The van der Waals surface area contributed by atoms with Crippen LogP contribution in [0.4, 0.5) is 10.8 Å². The summed E-state index contributed by atoms with van der Waals surface area (Å²) in [6.07, 6.45) is 0. The summed E-state index contributed by atoms with van der Waals surface area (Å²) >= 11 is 1.29. The molecule has 2 heterocycles. The number of anilines is 2. The van der Waals surface area contributed by atoms with E-state index in [2.05, 4.69) is 20.7 Å². The number of hydrogen-bond donors (Lipinski definition) is 2. The fraction of sp³-hybridized carbons (Fsp3) is 0.208. The molecule has 0 spiro atoms. The maximum absolute atomic E-state index is 12.9. The Morgan fingerprint density at radius 2 is 1.64 bits per heavy atom. The number of carbonyl (C=O) groups is 2. The topological polar surface area (TPSA) is 106 Å². The second-order valence-corrected chi connectivity index (χ2v) is 9.45. The molecular formula is C24H23N5O3S. The number of amides is 2. The third-order valence-corrected chi connectivity index (χ3v) is 5.77. The summed E-state index contributed by atoms with van der Waals surface area (Å²) in [4.78, 5) is 41.8. The molecule has 4 rings (SSSR count). The van der Waals surface area contributed by atoms with E-state index in [1.54, 1.807) is 24.3 Å². The van der Waals surface area contributed by atoms with Crippen molar-refractivity contribution < 1.29 is 9.59 Å². The van der Waals surface area contributed by atoms with Crippen molar-refractivity contribution >= 4 is 44.7 Å². The van der Waals surface area contributed by atoms with E-state index in [1.165, 1.54) is 18.4 Å². The van der Waals surface area contributed by atoms with Gasteiger partial charge < -0.3 is 5.32 Å². The van der Waals surface area contributed by atoms with Gasteiger partial charge in [-0.15, -0.1) is 11.3 Å². The molecule has 2 aromatic heterocycles. The number of nitrogens with one attached hydrogen (secondary N) is 2. The van der Waals surface area contributed by atoms with E-state index in [0.717, 1.165) is 10.2 Å². The number of carbonyl (C=O) groups excluding carboxylic acids is 2. The van der Waals surface area contributed by atoms with Gasteiger partial charge in [-0.3, -0.25) is 19.7 Å². The van der Waals surface area contributed by atoms with Crippen molar-refractivity contribution in [3.8, 4) is 11.3 Å². The Hall–Kier alpha value is -3.85. The summed E-state index contributed by atoms with van der Waals surface area (Å²) in [6.45, 7) is 5.57. The number of fused-ring (bicyclic) bond motifs is 1. The fourth-order valence-corrected chi connectivity index (χ4v) is 3.85. The molecule has 9 heteroatoms. The van der Waals surface area contributed by atoms with Gasteiger partial charge >= 0.3 is 0 Å². The standard InChI is InChI=1S/C24H23N5O3S/c1-24(2,3)22(32)25-15-11-9-14(10-12-15)18-13-33-23(26-18)27-20(30)19-16-7-5-6-8-17(16)21(31)29(4)28-19/h5-13H,1-4H3,(H,25,32)(H,26,27,30). The van der Waals surface area contributed by atoms with Crippen LogP contribution in [0.25, 0.3) is 22.0 Å². The maximum atomic E-state index is 12.9. The van der Waals surface area contributed by atoms with Crippen LogP contribution in [0.15, 0.2) is 58.7 Å². The zero-order valence-corrected chi connectivity index (χ0v) is 19.5. The third kappa shape index (κ3) is 4.68. The van der Waals surface area contributed by atoms with Gasteiger partial charge in [-0.1, -0.05) is 51.1 Å². The van der Waals surface area contributed by atoms with Gasteiger partial charge in [0.2, 0.25) is 5.91 Å². The van der Waals surface area contributed by atoms with Gasteiger partial charge in [0, 0.05) is 34.5 Å². The Morgan fingerprint density at radius 1 is 0.970 bits per heavy atom. The van der Waals surface area contributed by atoms with E-state index in [0.29, 0.717) is 27.3 Å². The van der Waals surface area contributed by atoms with Crippen molar-refractivity contribution in [3.63, 3.8) is 0 Å². The first-order chi connectivity index (χ1) is 15.6. The van der Waals surface area contributed by atoms with Crippen LogP contribution in [0.3, 0.4) is 0 Å². The molecule has 8 nitrogen and oxygen atoms in total. The zero-order valence-electron chi connectivity index (χ0n) is 18.7. The second kappa shape index (κ2) is 8.59. The van der Waals surface area contributed by atoms with Crippen LogP contribution in [0.1, 0.15) is 31.3 Å². The number of nitrogens with zero attached hydrogens (tertiary/aromatic N) is 3. The maximum Gasteiger partial charge on any atom is 0.278 e. The number of aromatic nitrogens is 3. The molecule has 0 aliphatic heterocycles. The van der Waals surface area contributed by atoms with E-state index in [1.807, 2.05) is 50.4 Å². The summed E-state index contributed by atoms with van der Waals surface area (Å²) in [5.41, 5.74) is 1.67. The molecule has 0 saturated carbocycles. The molecular weight excluding hydrogens is 438 g/mol. The summed E-state index contributed by atoms with van der Waals surface area (Å²) in [5.74, 6) is -0.503. The van der Waals surface area contributed by atoms with Crippen LogP contribution in [-0.4, -0.2) is 26.6 Å². The first kappa shape index (κ1) is 22.3. The smallest absolute Gasteiger partial charge is 0.278 e. The molecule has 0 fully saturated rings. The first-order valence-corrected chi connectivity index (χ1v) is 11.2. The van der Waals surface area contributed by atoms with E-state index >= 15 is 0 Å². The molecule has 2 amide bonds. The van der Waals surface area contributed by atoms with Crippen molar-refractivity contribution in [1.29, 1.82) is 0 Å². The Kier molecular flexibility index (Phi) is 5.82. The molecule has 4 aromatic rings. The lowest BCUT2D eigenvalue weighted by atomic mass is 9.95. The largest absolute Gasteiger partial charge is 0.326 e. The van der Waals surface area contributed by atoms with Gasteiger partial charge in [0.05, 0.1) is 11.1 Å². The van der Waals surface area contributed by atoms with E-state index < -0.39 is 11.3 Å². The Bertz CT molecular complexity index is 1410. The van der Waals surface area contributed by atoms with E-state index in [4.69, 9.17) is 0 Å². The molecule has 33 heavy (non-hydrogen) atoms. The Morgan fingerprint density at radius 3 is 2.30 bits per heavy atom.